The predicted molar refractivity (Wildman–Crippen MR) is 93.1 cm³/mol. The minimum atomic E-state index is -0.569. The Hall–Kier alpha value is -3.71. The molecule has 0 atom stereocenters. The Bertz CT molecular complexity index is 994. The van der Waals surface area contributed by atoms with Crippen molar-refractivity contribution in [3.8, 4) is 6.07 Å². The molecule has 0 saturated heterocycles. The van der Waals surface area contributed by atoms with Crippen LogP contribution in [0.25, 0.3) is 11.0 Å². The van der Waals surface area contributed by atoms with E-state index in [2.05, 4.69) is 27.0 Å². The van der Waals surface area contributed by atoms with Gasteiger partial charge in [0.2, 0.25) is 5.52 Å². The highest BCUT2D eigenvalue weighted by Crippen LogP contribution is 2.38. The topological polar surface area (TPSA) is 150 Å². The summed E-state index contributed by atoms with van der Waals surface area (Å²) in [5.74, 6) is 0. The van der Waals surface area contributed by atoms with Crippen LogP contribution in [0.5, 0.6) is 0 Å². The number of nitriles is 1. The van der Waals surface area contributed by atoms with Crippen LogP contribution in [0.3, 0.4) is 0 Å². The third-order valence-corrected chi connectivity index (χ3v) is 3.66. The van der Waals surface area contributed by atoms with Gasteiger partial charge in [0.1, 0.15) is 11.8 Å². The second-order valence-electron chi connectivity index (χ2n) is 5.33. The molecule has 3 rings (SSSR count). The van der Waals surface area contributed by atoms with Crippen LogP contribution >= 0.6 is 0 Å². The first-order chi connectivity index (χ1) is 12.7. The number of nitrogens with zero attached hydrogens (tertiary/aromatic N) is 4. The maximum atomic E-state index is 11.5. The van der Waals surface area contributed by atoms with E-state index in [0.29, 0.717) is 29.9 Å². The summed E-state index contributed by atoms with van der Waals surface area (Å²) in [5, 5.41) is 43.0. The van der Waals surface area contributed by atoms with Gasteiger partial charge < -0.3 is 15.7 Å². The zero-order chi connectivity index (χ0) is 18.5. The molecule has 0 spiro atoms. The molecule has 3 N–H and O–H groups in total. The van der Waals surface area contributed by atoms with Crippen LogP contribution in [0.1, 0.15) is 12.0 Å². The van der Waals surface area contributed by atoms with Crippen LogP contribution in [-0.2, 0) is 0 Å². The van der Waals surface area contributed by atoms with Gasteiger partial charge in [0.05, 0.1) is 21.9 Å². The second-order valence-corrected chi connectivity index (χ2v) is 5.33. The highest BCUT2D eigenvalue weighted by molar-refractivity contribution is 6.00. The van der Waals surface area contributed by atoms with E-state index in [1.807, 2.05) is 0 Å². The number of nitrogens with one attached hydrogen (secondary N) is 2. The van der Waals surface area contributed by atoms with Crippen LogP contribution in [0.4, 0.5) is 22.7 Å². The lowest BCUT2D eigenvalue weighted by Gasteiger charge is -2.12. The number of anilines is 3. The Labute approximate surface area is 147 Å². The molecule has 0 saturated carbocycles. The maximum absolute atomic E-state index is 11.5. The highest BCUT2D eigenvalue weighted by atomic mass is 16.6. The van der Waals surface area contributed by atoms with Crippen molar-refractivity contribution in [3.05, 3.63) is 46.0 Å². The van der Waals surface area contributed by atoms with E-state index in [-0.39, 0.29) is 29.0 Å². The number of aliphatic hydroxyl groups excluding tert-OH is 1. The van der Waals surface area contributed by atoms with Crippen molar-refractivity contribution >= 4 is 33.8 Å². The van der Waals surface area contributed by atoms with Crippen molar-refractivity contribution in [1.29, 1.82) is 5.26 Å². The van der Waals surface area contributed by atoms with Gasteiger partial charge in [-0.1, -0.05) is 12.1 Å². The summed E-state index contributed by atoms with van der Waals surface area (Å²) in [6.45, 7) is 0.289. The van der Waals surface area contributed by atoms with E-state index in [0.717, 1.165) is 0 Å². The molecular formula is C16H14N6O4. The number of aliphatic hydroxyl groups is 1. The molecule has 0 bridgehead atoms. The molecular weight excluding hydrogens is 340 g/mol. The number of hydrogen-bond acceptors (Lipinski definition) is 9. The number of hydrogen-bond donors (Lipinski definition) is 3. The number of aromatic nitrogens is 2. The molecule has 10 nitrogen and oxygen atoms in total. The van der Waals surface area contributed by atoms with E-state index in [9.17, 15) is 15.4 Å². The van der Waals surface area contributed by atoms with Crippen LogP contribution < -0.4 is 10.6 Å². The van der Waals surface area contributed by atoms with E-state index in [1.54, 1.807) is 24.3 Å². The van der Waals surface area contributed by atoms with Crippen LogP contribution in [0.15, 0.2) is 35.0 Å². The minimum absolute atomic E-state index is 0.0130. The summed E-state index contributed by atoms with van der Waals surface area (Å²) in [7, 11) is 0. The van der Waals surface area contributed by atoms with Crippen molar-refractivity contribution in [2.75, 3.05) is 23.8 Å². The van der Waals surface area contributed by atoms with Crippen LogP contribution in [-0.4, -0.2) is 33.5 Å². The number of nitro benzene ring substituents is 1. The summed E-state index contributed by atoms with van der Waals surface area (Å²) in [6.07, 6.45) is 0.423. The molecule has 0 aliphatic heterocycles. The van der Waals surface area contributed by atoms with E-state index < -0.39 is 4.92 Å². The molecule has 1 aromatic heterocycles. The zero-order valence-corrected chi connectivity index (χ0v) is 13.5. The monoisotopic (exact) mass is 354 g/mol. The zero-order valence-electron chi connectivity index (χ0n) is 13.5. The molecule has 0 radical (unpaired) electrons. The fourth-order valence-corrected chi connectivity index (χ4v) is 2.48. The molecule has 132 valence electrons. The number of fused-ring (bicyclic) bond motifs is 1. The van der Waals surface area contributed by atoms with Gasteiger partial charge in [-0.15, -0.1) is 0 Å². The number of para-hydroxylation sites is 1. The number of nitro groups is 1. The normalized spacial score (nSPS) is 10.5. The van der Waals surface area contributed by atoms with Gasteiger partial charge in [-0.25, -0.2) is 4.63 Å². The first-order valence-electron chi connectivity index (χ1n) is 7.70. The molecule has 10 heteroatoms. The van der Waals surface area contributed by atoms with E-state index >= 15 is 0 Å². The lowest BCUT2D eigenvalue weighted by molar-refractivity contribution is -0.382. The Morgan fingerprint density at radius 1 is 1.23 bits per heavy atom. The molecule has 1 heterocycles. The lowest BCUT2D eigenvalue weighted by Crippen LogP contribution is -2.07. The van der Waals surface area contributed by atoms with Crippen LogP contribution in [0, 0.1) is 21.4 Å². The summed E-state index contributed by atoms with van der Waals surface area (Å²) in [5.41, 5.74) is 1.45. The average Bonchev–Trinajstić information content (AvgIpc) is 3.11. The van der Waals surface area contributed by atoms with Crippen LogP contribution in [0.2, 0.25) is 0 Å². The molecule has 0 aliphatic rings. The highest BCUT2D eigenvalue weighted by Gasteiger charge is 2.26. The van der Waals surface area contributed by atoms with Crippen molar-refractivity contribution in [2.45, 2.75) is 6.42 Å². The quantitative estimate of drug-likeness (QED) is 0.330. The summed E-state index contributed by atoms with van der Waals surface area (Å²) in [4.78, 5) is 10.9. The predicted octanol–water partition coefficient (Wildman–Crippen LogP) is 2.54. The molecule has 3 aromatic rings. The van der Waals surface area contributed by atoms with Gasteiger partial charge in [0.15, 0.2) is 5.52 Å². The smallest absolute Gasteiger partial charge is 0.323 e. The third-order valence-electron chi connectivity index (χ3n) is 3.66. The van der Waals surface area contributed by atoms with Crippen molar-refractivity contribution in [2.24, 2.45) is 0 Å². The SMILES string of the molecule is N#Cc1ccccc1Nc1cc(NCCCO)c([N+](=O)[O-])c2nonc12. The molecule has 0 fully saturated rings. The molecule has 26 heavy (non-hydrogen) atoms. The Morgan fingerprint density at radius 2 is 2.00 bits per heavy atom. The summed E-state index contributed by atoms with van der Waals surface area (Å²) < 4.78 is 4.69. The average molecular weight is 354 g/mol. The molecule has 0 amide bonds. The summed E-state index contributed by atoms with van der Waals surface area (Å²) in [6, 6.07) is 10.4. The van der Waals surface area contributed by atoms with Gasteiger partial charge in [0, 0.05) is 13.2 Å². The van der Waals surface area contributed by atoms with Gasteiger partial charge in [-0.05, 0) is 34.9 Å². The molecule has 0 aliphatic carbocycles. The first kappa shape index (κ1) is 17.1. The number of rotatable bonds is 7. The van der Waals surface area contributed by atoms with Gasteiger partial charge in [-0.3, -0.25) is 10.1 Å². The first-order valence-corrected chi connectivity index (χ1v) is 7.70. The van der Waals surface area contributed by atoms with Gasteiger partial charge >= 0.3 is 5.69 Å². The minimum Gasteiger partial charge on any atom is -0.396 e. The maximum Gasteiger partial charge on any atom is 0.323 e. The number of benzene rings is 2. The second kappa shape index (κ2) is 7.45. The Kier molecular flexibility index (Phi) is 4.91. The van der Waals surface area contributed by atoms with Crippen molar-refractivity contribution in [3.63, 3.8) is 0 Å². The fraction of sp³-hybridized carbons (Fsp3) is 0.188. The Balaban J connectivity index is 2.10. The largest absolute Gasteiger partial charge is 0.396 e. The van der Waals surface area contributed by atoms with Crippen molar-refractivity contribution in [1.82, 2.24) is 10.3 Å². The third kappa shape index (κ3) is 3.24. The molecule has 0 unspecified atom stereocenters. The lowest BCUT2D eigenvalue weighted by atomic mass is 10.1. The fourth-order valence-electron chi connectivity index (χ4n) is 2.48. The van der Waals surface area contributed by atoms with E-state index in [1.165, 1.54) is 6.07 Å². The molecule has 2 aromatic carbocycles. The Morgan fingerprint density at radius 3 is 2.73 bits per heavy atom. The van der Waals surface area contributed by atoms with Gasteiger partial charge in [0.25, 0.3) is 0 Å². The van der Waals surface area contributed by atoms with E-state index in [4.69, 9.17) is 9.74 Å². The summed E-state index contributed by atoms with van der Waals surface area (Å²) >= 11 is 0. The standard InChI is InChI=1S/C16H14N6O4/c17-9-10-4-1-2-5-11(10)19-12-8-13(18-6-3-7-23)16(22(24)25)15-14(12)20-26-21-15/h1-2,4-5,8,18-19,23H,3,6-7H2. The van der Waals surface area contributed by atoms with Crippen molar-refractivity contribution < 1.29 is 14.7 Å². The van der Waals surface area contributed by atoms with Gasteiger partial charge in [-0.2, -0.15) is 5.26 Å².